The molecule has 2 N–H and O–H groups in total. The van der Waals surface area contributed by atoms with Crippen molar-refractivity contribution in [2.24, 2.45) is 0 Å². The van der Waals surface area contributed by atoms with Crippen molar-refractivity contribution in [3.05, 3.63) is 47.4 Å². The Morgan fingerprint density at radius 3 is 2.26 bits per heavy atom. The van der Waals surface area contributed by atoms with Gasteiger partial charge in [0.05, 0.1) is 5.69 Å². The van der Waals surface area contributed by atoms with Crippen LogP contribution < -0.4 is 5.73 Å². The fourth-order valence-corrected chi connectivity index (χ4v) is 2.54. The van der Waals surface area contributed by atoms with Gasteiger partial charge in [0, 0.05) is 5.54 Å². The van der Waals surface area contributed by atoms with Crippen molar-refractivity contribution in [1.82, 2.24) is 9.55 Å². The summed E-state index contributed by atoms with van der Waals surface area (Å²) >= 11 is 0. The Bertz CT molecular complexity index is 547. The molecule has 3 heteroatoms. The number of nitrogens with zero attached hydrogens (tertiary/aromatic N) is 2. The smallest absolute Gasteiger partial charge is 0.127 e. The lowest BCUT2D eigenvalue weighted by Gasteiger charge is -2.24. The highest BCUT2D eigenvalue weighted by Gasteiger charge is 2.21. The third kappa shape index (κ3) is 2.98. The van der Waals surface area contributed by atoms with Crippen LogP contribution in [0.25, 0.3) is 0 Å². The molecule has 0 radical (unpaired) electrons. The van der Waals surface area contributed by atoms with E-state index in [9.17, 15) is 0 Å². The van der Waals surface area contributed by atoms with Crippen molar-refractivity contribution in [2.75, 3.05) is 5.73 Å². The molecule has 0 amide bonds. The van der Waals surface area contributed by atoms with Gasteiger partial charge in [-0.1, -0.05) is 30.3 Å². The zero-order chi connectivity index (χ0) is 14.0. The Balaban J connectivity index is 2.19. The van der Waals surface area contributed by atoms with Crippen molar-refractivity contribution in [3.63, 3.8) is 0 Å². The summed E-state index contributed by atoms with van der Waals surface area (Å²) in [7, 11) is 0. The molecule has 0 unspecified atom stereocenters. The molecular weight excluding hydrogens is 234 g/mol. The minimum absolute atomic E-state index is 0.0217. The SMILES string of the molecule is Cc1nc(CCc2ccccc2)c(N)n1C(C)(C)C. The lowest BCUT2D eigenvalue weighted by atomic mass is 10.1. The third-order valence-corrected chi connectivity index (χ3v) is 3.32. The Labute approximate surface area is 115 Å². The van der Waals surface area contributed by atoms with E-state index >= 15 is 0 Å². The van der Waals surface area contributed by atoms with Gasteiger partial charge in [0.25, 0.3) is 0 Å². The first kappa shape index (κ1) is 13.7. The summed E-state index contributed by atoms with van der Waals surface area (Å²) in [6.45, 7) is 8.48. The molecule has 102 valence electrons. The monoisotopic (exact) mass is 257 g/mol. The first-order chi connectivity index (χ1) is 8.89. The molecule has 0 saturated carbocycles. The zero-order valence-corrected chi connectivity index (χ0v) is 12.3. The van der Waals surface area contributed by atoms with Crippen molar-refractivity contribution in [3.8, 4) is 0 Å². The molecule has 0 spiro atoms. The van der Waals surface area contributed by atoms with Crippen LogP contribution in [0.5, 0.6) is 0 Å². The highest BCUT2D eigenvalue weighted by molar-refractivity contribution is 5.40. The zero-order valence-electron chi connectivity index (χ0n) is 12.3. The van der Waals surface area contributed by atoms with E-state index in [2.05, 4.69) is 54.6 Å². The minimum atomic E-state index is -0.0217. The van der Waals surface area contributed by atoms with E-state index < -0.39 is 0 Å². The normalized spacial score (nSPS) is 11.8. The van der Waals surface area contributed by atoms with Crippen LogP contribution in [0.15, 0.2) is 30.3 Å². The molecule has 1 aromatic heterocycles. The predicted octanol–water partition coefficient (Wildman–Crippen LogP) is 3.31. The van der Waals surface area contributed by atoms with Gasteiger partial charge in [-0.2, -0.15) is 0 Å². The summed E-state index contributed by atoms with van der Waals surface area (Å²) < 4.78 is 2.12. The number of hydrogen-bond acceptors (Lipinski definition) is 2. The molecule has 0 saturated heterocycles. The Hall–Kier alpha value is -1.77. The number of aryl methyl sites for hydroxylation is 3. The first-order valence-corrected chi connectivity index (χ1v) is 6.77. The predicted molar refractivity (Wildman–Crippen MR) is 80.2 cm³/mol. The largest absolute Gasteiger partial charge is 0.384 e. The molecule has 1 heterocycles. The van der Waals surface area contributed by atoms with Gasteiger partial charge in [-0.3, -0.25) is 0 Å². The van der Waals surface area contributed by atoms with E-state index in [4.69, 9.17) is 5.73 Å². The Morgan fingerprint density at radius 2 is 1.74 bits per heavy atom. The van der Waals surface area contributed by atoms with E-state index in [-0.39, 0.29) is 5.54 Å². The molecule has 19 heavy (non-hydrogen) atoms. The number of benzene rings is 1. The summed E-state index contributed by atoms with van der Waals surface area (Å²) in [6.07, 6.45) is 1.87. The third-order valence-electron chi connectivity index (χ3n) is 3.32. The van der Waals surface area contributed by atoms with Crippen molar-refractivity contribution in [2.45, 2.75) is 46.1 Å². The molecule has 2 rings (SSSR count). The number of nitrogens with two attached hydrogens (primary N) is 1. The van der Waals surface area contributed by atoms with Gasteiger partial charge in [-0.05, 0) is 46.1 Å². The second-order valence-corrected chi connectivity index (χ2v) is 5.98. The van der Waals surface area contributed by atoms with E-state index in [1.54, 1.807) is 0 Å². The van der Waals surface area contributed by atoms with Crippen molar-refractivity contribution >= 4 is 5.82 Å². The molecule has 0 bridgehead atoms. The molecule has 0 aliphatic carbocycles. The lowest BCUT2D eigenvalue weighted by molar-refractivity contribution is 0.393. The van der Waals surface area contributed by atoms with Crippen LogP contribution in [0.3, 0.4) is 0 Å². The number of anilines is 1. The van der Waals surface area contributed by atoms with Gasteiger partial charge in [-0.15, -0.1) is 0 Å². The summed E-state index contributed by atoms with van der Waals surface area (Å²) in [4.78, 5) is 4.63. The van der Waals surface area contributed by atoms with Crippen LogP contribution in [0, 0.1) is 6.92 Å². The standard InChI is InChI=1S/C16H23N3/c1-12-18-14(15(17)19(12)16(2,3)4)11-10-13-8-6-5-7-9-13/h5-9H,10-11,17H2,1-4H3. The molecule has 2 aromatic rings. The average molecular weight is 257 g/mol. The molecule has 3 nitrogen and oxygen atoms in total. The van der Waals surface area contributed by atoms with Crippen LogP contribution in [-0.2, 0) is 18.4 Å². The first-order valence-electron chi connectivity index (χ1n) is 6.77. The lowest BCUT2D eigenvalue weighted by Crippen LogP contribution is -2.24. The maximum atomic E-state index is 6.25. The fourth-order valence-electron chi connectivity index (χ4n) is 2.54. The van der Waals surface area contributed by atoms with Gasteiger partial charge in [0.15, 0.2) is 0 Å². The van der Waals surface area contributed by atoms with E-state index in [1.165, 1.54) is 5.56 Å². The maximum Gasteiger partial charge on any atom is 0.127 e. The minimum Gasteiger partial charge on any atom is -0.384 e. The quantitative estimate of drug-likeness (QED) is 0.916. The fraction of sp³-hybridized carbons (Fsp3) is 0.438. The molecule has 0 atom stereocenters. The Kier molecular flexibility index (Phi) is 3.65. The second kappa shape index (κ2) is 5.08. The molecule has 0 aliphatic heterocycles. The highest BCUT2D eigenvalue weighted by Crippen LogP contribution is 2.25. The Morgan fingerprint density at radius 1 is 1.11 bits per heavy atom. The topological polar surface area (TPSA) is 43.8 Å². The van der Waals surface area contributed by atoms with Crippen LogP contribution >= 0.6 is 0 Å². The van der Waals surface area contributed by atoms with Crippen LogP contribution in [0.4, 0.5) is 5.82 Å². The van der Waals surface area contributed by atoms with E-state index in [0.29, 0.717) is 0 Å². The highest BCUT2D eigenvalue weighted by atomic mass is 15.2. The number of aromatic nitrogens is 2. The van der Waals surface area contributed by atoms with Crippen LogP contribution in [0.2, 0.25) is 0 Å². The summed E-state index contributed by atoms with van der Waals surface area (Å²) in [5, 5.41) is 0. The van der Waals surface area contributed by atoms with Gasteiger partial charge in [0.1, 0.15) is 11.6 Å². The van der Waals surface area contributed by atoms with Crippen LogP contribution in [0.1, 0.15) is 37.9 Å². The second-order valence-electron chi connectivity index (χ2n) is 5.98. The molecule has 1 aromatic carbocycles. The van der Waals surface area contributed by atoms with Gasteiger partial charge in [0.2, 0.25) is 0 Å². The average Bonchev–Trinajstić information content (AvgIpc) is 2.62. The maximum absolute atomic E-state index is 6.25. The van der Waals surface area contributed by atoms with Gasteiger partial charge >= 0.3 is 0 Å². The molecular formula is C16H23N3. The van der Waals surface area contributed by atoms with Gasteiger partial charge in [-0.25, -0.2) is 4.98 Å². The van der Waals surface area contributed by atoms with Crippen molar-refractivity contribution in [1.29, 1.82) is 0 Å². The number of nitrogen functional groups attached to an aromatic ring is 1. The number of imidazole rings is 1. The van der Waals surface area contributed by atoms with E-state index in [1.807, 2.05) is 13.0 Å². The van der Waals surface area contributed by atoms with Crippen LogP contribution in [-0.4, -0.2) is 9.55 Å². The van der Waals surface area contributed by atoms with Crippen molar-refractivity contribution < 1.29 is 0 Å². The number of rotatable bonds is 3. The van der Waals surface area contributed by atoms with Gasteiger partial charge < -0.3 is 10.3 Å². The number of hydrogen-bond donors (Lipinski definition) is 1. The summed E-state index contributed by atoms with van der Waals surface area (Å²) in [5.74, 6) is 1.80. The molecule has 0 fully saturated rings. The summed E-state index contributed by atoms with van der Waals surface area (Å²) in [6, 6.07) is 10.5. The van der Waals surface area contributed by atoms with E-state index in [0.717, 1.165) is 30.2 Å². The molecule has 0 aliphatic rings. The summed E-state index contributed by atoms with van der Waals surface area (Å²) in [5.41, 5.74) is 8.57.